The molecule has 0 saturated heterocycles. The van der Waals surface area contributed by atoms with Gasteiger partial charge in [0.15, 0.2) is 16.7 Å². The smallest absolute Gasteiger partial charge is 0.165 e. The maximum absolute atomic E-state index is 10.5. The zero-order chi connectivity index (χ0) is 66.0. The lowest BCUT2D eigenvalue weighted by molar-refractivity contribution is 0.612. The second-order valence-electron chi connectivity index (χ2n) is 25.5. The molecule has 0 amide bonds. The zero-order valence-electron chi connectivity index (χ0n) is 54.8. The second kappa shape index (κ2) is 29.0. The molecule has 7 aromatic rings. The van der Waals surface area contributed by atoms with Crippen LogP contribution in [0.3, 0.4) is 0 Å². The van der Waals surface area contributed by atoms with E-state index in [1.807, 2.05) is 18.2 Å². The van der Waals surface area contributed by atoms with E-state index in [2.05, 4.69) is 223 Å². The fraction of sp³-hybridized carbons (Fsp3) is 0.346. The Morgan fingerprint density at radius 2 is 0.634 bits per heavy atom. The highest BCUT2D eigenvalue weighted by Gasteiger charge is 2.42. The van der Waals surface area contributed by atoms with Crippen molar-refractivity contribution in [3.8, 4) is 70.2 Å². The predicted molar refractivity (Wildman–Crippen MR) is 382 cm³/mol. The SMILES string of the molecule is CCCCCCN1/C(=C/C=c2\sc(=C(C#N)C#N)nc2-c2cc(-c3nc(=C(C#N)C#N)s/c3=C\C=C3\N(CCCCCC)c4ccccc4C3(C)C)cc(-c3nc(=C(C#N)C#N)s/c3=C\C=C3\N(CCCCCC)c4ccccc4C3(C)C)c2)C(C)(C)c2ccccc21. The van der Waals surface area contributed by atoms with Crippen molar-refractivity contribution in [1.29, 1.82) is 31.6 Å². The Labute approximate surface area is 559 Å². The van der Waals surface area contributed by atoms with Crippen LogP contribution in [0.4, 0.5) is 17.1 Å². The largest absolute Gasteiger partial charge is 0.344 e. The fourth-order valence-corrected chi connectivity index (χ4v) is 16.2. The lowest BCUT2D eigenvalue weighted by Crippen LogP contribution is -2.27. The molecule has 93 heavy (non-hydrogen) atoms. The highest BCUT2D eigenvalue weighted by molar-refractivity contribution is 7.08. The number of nitriles is 6. The molecular weight excluding hydrogens is 1200 g/mol. The van der Waals surface area contributed by atoms with E-state index in [1.54, 1.807) is 0 Å². The summed E-state index contributed by atoms with van der Waals surface area (Å²) >= 11 is 3.80. The van der Waals surface area contributed by atoms with Gasteiger partial charge in [0.1, 0.15) is 50.4 Å². The van der Waals surface area contributed by atoms with E-state index in [0.29, 0.717) is 47.4 Å². The number of anilines is 3. The number of aromatic nitrogens is 3. The number of hydrogen-bond donors (Lipinski definition) is 0. The van der Waals surface area contributed by atoms with Gasteiger partial charge in [-0.25, -0.2) is 15.0 Å². The van der Waals surface area contributed by atoms with Crippen molar-refractivity contribution in [3.63, 3.8) is 0 Å². The molecule has 0 radical (unpaired) electrons. The Kier molecular flexibility index (Phi) is 20.7. The molecular formula is C78H78N12S3. The van der Waals surface area contributed by atoms with Crippen LogP contribution in [0.5, 0.6) is 0 Å². The van der Waals surface area contributed by atoms with Crippen molar-refractivity contribution in [2.45, 2.75) is 156 Å². The molecule has 4 aromatic carbocycles. The minimum atomic E-state index is -0.374. The first-order valence-electron chi connectivity index (χ1n) is 32.5. The number of para-hydroxylation sites is 3. The summed E-state index contributed by atoms with van der Waals surface area (Å²) < 4.78 is 2.87. The lowest BCUT2D eigenvalue weighted by atomic mass is 9.84. The average molecular weight is 1280 g/mol. The van der Waals surface area contributed by atoms with Crippen LogP contribution in [-0.4, -0.2) is 34.6 Å². The number of fused-ring (bicyclic) bond motifs is 3. The Hall–Kier alpha value is -9.45. The van der Waals surface area contributed by atoms with Crippen LogP contribution in [0, 0.1) is 68.0 Å². The van der Waals surface area contributed by atoms with Gasteiger partial charge in [-0.15, -0.1) is 34.0 Å². The molecule has 6 heterocycles. The minimum Gasteiger partial charge on any atom is -0.344 e. The fourth-order valence-electron chi connectivity index (χ4n) is 13.4. The summed E-state index contributed by atoms with van der Waals surface area (Å²) in [6.45, 7) is 22.7. The molecule has 0 saturated carbocycles. The van der Waals surface area contributed by atoms with Crippen molar-refractivity contribution in [3.05, 3.63) is 171 Å². The van der Waals surface area contributed by atoms with Crippen molar-refractivity contribution in [2.75, 3.05) is 34.3 Å². The number of benzene rings is 4. The molecule has 3 aromatic heterocycles. The monoisotopic (exact) mass is 1280 g/mol. The van der Waals surface area contributed by atoms with Crippen molar-refractivity contribution < 1.29 is 0 Å². The van der Waals surface area contributed by atoms with E-state index in [4.69, 9.17) is 15.0 Å². The number of unbranched alkanes of at least 4 members (excludes halogenated alkanes) is 9. The van der Waals surface area contributed by atoms with Crippen molar-refractivity contribution in [1.82, 2.24) is 15.0 Å². The van der Waals surface area contributed by atoms with Crippen molar-refractivity contribution >= 4 is 86.0 Å². The zero-order valence-corrected chi connectivity index (χ0v) is 57.3. The third-order valence-electron chi connectivity index (χ3n) is 18.3. The van der Waals surface area contributed by atoms with Gasteiger partial charge in [0, 0.05) is 86.7 Å². The van der Waals surface area contributed by atoms with Crippen LogP contribution in [-0.2, 0) is 16.2 Å². The van der Waals surface area contributed by atoms with Gasteiger partial charge in [-0.2, -0.15) is 31.6 Å². The van der Waals surface area contributed by atoms with E-state index in [0.717, 1.165) is 114 Å². The molecule has 0 aliphatic carbocycles. The van der Waals surface area contributed by atoms with E-state index in [-0.39, 0.29) is 47.0 Å². The minimum absolute atomic E-state index is 0.126. The summed E-state index contributed by atoms with van der Waals surface area (Å²) in [5.74, 6) is 0. The third kappa shape index (κ3) is 13.3. The molecule has 0 fully saturated rings. The van der Waals surface area contributed by atoms with Crippen LogP contribution >= 0.6 is 34.0 Å². The summed E-state index contributed by atoms with van der Waals surface area (Å²) in [5, 5.41) is 62.9. The first kappa shape index (κ1) is 66.5. The van der Waals surface area contributed by atoms with Gasteiger partial charge in [0.2, 0.25) is 0 Å². The van der Waals surface area contributed by atoms with Gasteiger partial charge in [-0.05, 0) is 109 Å². The van der Waals surface area contributed by atoms with E-state index in [1.165, 1.54) is 67.8 Å². The number of nitrogens with zero attached hydrogens (tertiary/aromatic N) is 12. The molecule has 3 aliphatic rings. The van der Waals surface area contributed by atoms with Crippen LogP contribution < -0.4 is 42.3 Å². The molecule has 10 rings (SSSR count). The van der Waals surface area contributed by atoms with Crippen LogP contribution in [0.15, 0.2) is 126 Å². The number of rotatable bonds is 21. The Morgan fingerprint density at radius 1 is 0.376 bits per heavy atom. The van der Waals surface area contributed by atoms with Gasteiger partial charge >= 0.3 is 0 Å². The molecule has 12 nitrogen and oxygen atoms in total. The van der Waals surface area contributed by atoms with Crippen molar-refractivity contribution in [2.24, 2.45) is 0 Å². The molecule has 0 bridgehead atoms. The highest BCUT2D eigenvalue weighted by Crippen LogP contribution is 2.50. The summed E-state index contributed by atoms with van der Waals surface area (Å²) in [5.41, 5.74) is 12.4. The third-order valence-corrected chi connectivity index (χ3v) is 21.4. The Morgan fingerprint density at radius 3 is 0.882 bits per heavy atom. The molecule has 0 N–H and O–H groups in total. The Balaban J connectivity index is 1.28. The van der Waals surface area contributed by atoms with E-state index >= 15 is 0 Å². The lowest BCUT2D eigenvalue weighted by Gasteiger charge is -2.27. The van der Waals surface area contributed by atoms with E-state index in [9.17, 15) is 31.6 Å². The molecule has 468 valence electrons. The van der Waals surface area contributed by atoms with Gasteiger partial charge in [-0.1, -0.05) is 175 Å². The highest BCUT2D eigenvalue weighted by atomic mass is 32.1. The second-order valence-corrected chi connectivity index (χ2v) is 28.6. The molecule has 0 spiro atoms. The van der Waals surface area contributed by atoms with E-state index < -0.39 is 0 Å². The van der Waals surface area contributed by atoms with Gasteiger partial charge in [0.25, 0.3) is 0 Å². The summed E-state index contributed by atoms with van der Waals surface area (Å²) in [6, 6.07) is 44.4. The van der Waals surface area contributed by atoms with Gasteiger partial charge in [0.05, 0.1) is 30.7 Å². The summed E-state index contributed by atoms with van der Waals surface area (Å²) in [6.07, 6.45) is 25.9. The van der Waals surface area contributed by atoms with Crippen LogP contribution in [0.25, 0.3) is 68.7 Å². The maximum Gasteiger partial charge on any atom is 0.165 e. The standard InChI is InChI=1S/C78H78N12S3/c1-10-13-16-25-40-88-61-31-22-19-28-58(61)76(4,5)67(88)37-34-64-70(85-73(91-64)55(46-79)47-80)52-43-53(71-65(92-74(86-71)56(48-81)49-82)35-38-68-77(6,7)59-29-20-23-32-62(59)89(68)41-26-17-14-11-2)45-54(44-52)72-66(93-75(87-72)57(50-83)51-84)36-39-69-78(8,9)60-30-21-24-33-63(60)90(69)42-27-18-15-12-3/h19-24,28-39,43-45H,10-18,25-27,40-42H2,1-9H3/b64-34-,65-35-,66-36-,67-37+,68-38+,69-39+. The molecule has 0 unspecified atom stereocenters. The first-order chi connectivity index (χ1) is 45.0. The number of allylic oxidation sites excluding steroid dienone is 6. The number of thiazole rings is 3. The quantitative estimate of drug-likeness (QED) is 0.0620. The van der Waals surface area contributed by atoms with Crippen LogP contribution in [0.1, 0.15) is 156 Å². The normalized spacial score (nSPS) is 16.6. The predicted octanol–water partition coefficient (Wildman–Crippen LogP) is 14.8. The Bertz CT molecular complexity index is 4270. The topological polar surface area (TPSA) is 191 Å². The summed E-state index contributed by atoms with van der Waals surface area (Å²) in [7, 11) is 0. The van der Waals surface area contributed by atoms with Crippen LogP contribution in [0.2, 0.25) is 0 Å². The number of hydrogen-bond acceptors (Lipinski definition) is 15. The molecule has 15 heteroatoms. The molecule has 3 aliphatic heterocycles. The first-order valence-corrected chi connectivity index (χ1v) is 35.0. The van der Waals surface area contributed by atoms with Gasteiger partial charge in [-0.3, -0.25) is 0 Å². The maximum atomic E-state index is 10.5. The summed E-state index contributed by atoms with van der Waals surface area (Å²) in [4.78, 5) is 22.9. The van der Waals surface area contributed by atoms with Gasteiger partial charge < -0.3 is 14.7 Å². The molecule has 0 atom stereocenters. The average Bonchev–Trinajstić information content (AvgIpc) is 1.63.